The van der Waals surface area contributed by atoms with Crippen LogP contribution in [0.4, 0.5) is 5.69 Å². The lowest BCUT2D eigenvalue weighted by Gasteiger charge is -2.44. The number of piperidine rings is 1. The van der Waals surface area contributed by atoms with E-state index in [4.69, 9.17) is 18.9 Å². The van der Waals surface area contributed by atoms with Gasteiger partial charge in [0, 0.05) is 44.7 Å². The van der Waals surface area contributed by atoms with E-state index in [-0.39, 0.29) is 18.2 Å². The fraction of sp³-hybridized carbons (Fsp3) is 0.500. The molecule has 2 atom stereocenters. The summed E-state index contributed by atoms with van der Waals surface area (Å²) in [5, 5.41) is 0. The lowest BCUT2D eigenvalue weighted by atomic mass is 9.82. The zero-order valence-electron chi connectivity index (χ0n) is 22.4. The van der Waals surface area contributed by atoms with Gasteiger partial charge in [0.05, 0.1) is 46.1 Å². The summed E-state index contributed by atoms with van der Waals surface area (Å²) in [6.45, 7) is 6.21. The Bertz CT molecular complexity index is 1070. The van der Waals surface area contributed by atoms with Crippen LogP contribution in [0.3, 0.4) is 0 Å². The van der Waals surface area contributed by atoms with Crippen LogP contribution in [0.2, 0.25) is 0 Å². The van der Waals surface area contributed by atoms with Gasteiger partial charge in [0.25, 0.3) is 0 Å². The maximum Gasteiger partial charge on any atom is 0.228 e. The first-order valence-corrected chi connectivity index (χ1v) is 12.7. The minimum atomic E-state index is -0.494. The number of piperazine rings is 1. The standard InChI is InChI=1S/C28H37N3O6/c1-6-29-13-15-30(16-14-29)28(33)22-11-12-25(32)31(26(22)19-7-9-21(34-2)10-8-19)20-17-23(35-3)27(37-5)24(18-20)36-4/h7-10,17-18,22,26H,6,11-16H2,1-5H3/t22-,26+/m0/s1. The van der Waals surface area contributed by atoms with Gasteiger partial charge in [-0.25, -0.2) is 0 Å². The fourth-order valence-electron chi connectivity index (χ4n) is 5.36. The molecule has 4 rings (SSSR count). The number of hydrogen-bond acceptors (Lipinski definition) is 7. The van der Waals surface area contributed by atoms with Crippen molar-refractivity contribution in [1.29, 1.82) is 0 Å². The lowest BCUT2D eigenvalue weighted by molar-refractivity contribution is -0.140. The highest BCUT2D eigenvalue weighted by molar-refractivity contribution is 5.98. The number of likely N-dealkylation sites (N-methyl/N-ethyl adjacent to an activating group) is 1. The molecule has 2 aliphatic heterocycles. The summed E-state index contributed by atoms with van der Waals surface area (Å²) in [5.74, 6) is 1.68. The highest BCUT2D eigenvalue weighted by atomic mass is 16.5. The number of rotatable bonds is 8. The molecule has 9 nitrogen and oxygen atoms in total. The number of amides is 2. The maximum absolute atomic E-state index is 14.0. The largest absolute Gasteiger partial charge is 0.497 e. The molecular weight excluding hydrogens is 474 g/mol. The van der Waals surface area contributed by atoms with Crippen molar-refractivity contribution in [3.05, 3.63) is 42.0 Å². The summed E-state index contributed by atoms with van der Waals surface area (Å²) >= 11 is 0. The quantitative estimate of drug-likeness (QED) is 0.538. The summed E-state index contributed by atoms with van der Waals surface area (Å²) in [5.41, 5.74) is 1.46. The molecule has 0 aromatic heterocycles. The third-order valence-corrected chi connectivity index (χ3v) is 7.43. The zero-order chi connectivity index (χ0) is 26.5. The van der Waals surface area contributed by atoms with Crippen LogP contribution in [-0.4, -0.2) is 82.8 Å². The maximum atomic E-state index is 14.0. The summed E-state index contributed by atoms with van der Waals surface area (Å²) in [4.78, 5) is 33.5. The van der Waals surface area contributed by atoms with Gasteiger partial charge in [-0.15, -0.1) is 0 Å². The van der Waals surface area contributed by atoms with E-state index in [2.05, 4.69) is 11.8 Å². The molecule has 37 heavy (non-hydrogen) atoms. The van der Waals surface area contributed by atoms with Crippen LogP contribution in [0.1, 0.15) is 31.4 Å². The number of benzene rings is 2. The van der Waals surface area contributed by atoms with Crippen LogP contribution in [0.5, 0.6) is 23.0 Å². The molecule has 2 fully saturated rings. The van der Waals surface area contributed by atoms with Crippen molar-refractivity contribution in [3.8, 4) is 23.0 Å². The molecule has 2 saturated heterocycles. The predicted octanol–water partition coefficient (Wildman–Crippen LogP) is 3.37. The second-order valence-corrected chi connectivity index (χ2v) is 9.27. The summed E-state index contributed by atoms with van der Waals surface area (Å²) in [6.07, 6.45) is 0.762. The summed E-state index contributed by atoms with van der Waals surface area (Å²) < 4.78 is 22.0. The van der Waals surface area contributed by atoms with Crippen LogP contribution in [0.25, 0.3) is 0 Å². The first kappa shape index (κ1) is 26.6. The van der Waals surface area contributed by atoms with Crippen molar-refractivity contribution in [2.45, 2.75) is 25.8 Å². The van der Waals surface area contributed by atoms with Crippen molar-refractivity contribution in [2.75, 3.05) is 66.1 Å². The average molecular weight is 512 g/mol. The van der Waals surface area contributed by atoms with Crippen molar-refractivity contribution in [2.24, 2.45) is 5.92 Å². The SMILES string of the molecule is CCN1CCN(C(=O)[C@H]2CCC(=O)N(c3cc(OC)c(OC)c(OC)c3)[C@@H]2c2ccc(OC)cc2)CC1. The van der Waals surface area contributed by atoms with Crippen LogP contribution in [-0.2, 0) is 9.59 Å². The zero-order valence-corrected chi connectivity index (χ0v) is 22.4. The number of anilines is 1. The second-order valence-electron chi connectivity index (χ2n) is 9.27. The molecule has 0 spiro atoms. The van der Waals surface area contributed by atoms with E-state index in [1.165, 1.54) is 0 Å². The Labute approximate surface area is 218 Å². The Morgan fingerprint density at radius 1 is 0.892 bits per heavy atom. The van der Waals surface area contributed by atoms with Gasteiger partial charge in [0.15, 0.2) is 11.5 Å². The number of ether oxygens (including phenoxy) is 4. The smallest absolute Gasteiger partial charge is 0.228 e. The molecule has 2 aliphatic rings. The molecule has 2 aromatic rings. The highest BCUT2D eigenvalue weighted by Gasteiger charge is 2.43. The average Bonchev–Trinajstić information content (AvgIpc) is 2.95. The highest BCUT2D eigenvalue weighted by Crippen LogP contribution is 2.46. The van der Waals surface area contributed by atoms with Gasteiger partial charge in [-0.05, 0) is 30.7 Å². The van der Waals surface area contributed by atoms with E-state index in [1.54, 1.807) is 45.5 Å². The van der Waals surface area contributed by atoms with Gasteiger partial charge < -0.3 is 33.6 Å². The third-order valence-electron chi connectivity index (χ3n) is 7.43. The van der Waals surface area contributed by atoms with Gasteiger partial charge in [0.2, 0.25) is 17.6 Å². The topological polar surface area (TPSA) is 80.8 Å². The van der Waals surface area contributed by atoms with Crippen LogP contribution >= 0.6 is 0 Å². The predicted molar refractivity (Wildman–Crippen MR) is 141 cm³/mol. The van der Waals surface area contributed by atoms with E-state index in [1.807, 2.05) is 29.2 Å². The molecule has 200 valence electrons. The lowest BCUT2D eigenvalue weighted by Crippen LogP contribution is -2.54. The molecule has 0 aliphatic carbocycles. The Hall–Kier alpha value is -3.46. The van der Waals surface area contributed by atoms with Gasteiger partial charge >= 0.3 is 0 Å². The van der Waals surface area contributed by atoms with Crippen molar-refractivity contribution < 1.29 is 28.5 Å². The number of nitrogens with zero attached hydrogens (tertiary/aromatic N) is 3. The number of carbonyl (C=O) groups excluding carboxylic acids is 2. The van der Waals surface area contributed by atoms with E-state index >= 15 is 0 Å². The van der Waals surface area contributed by atoms with Gasteiger partial charge in [0.1, 0.15) is 5.75 Å². The van der Waals surface area contributed by atoms with E-state index in [9.17, 15) is 9.59 Å². The van der Waals surface area contributed by atoms with Crippen molar-refractivity contribution >= 4 is 17.5 Å². The van der Waals surface area contributed by atoms with Crippen molar-refractivity contribution in [1.82, 2.24) is 9.80 Å². The Morgan fingerprint density at radius 3 is 2.03 bits per heavy atom. The fourth-order valence-corrected chi connectivity index (χ4v) is 5.36. The molecule has 2 heterocycles. The minimum Gasteiger partial charge on any atom is -0.497 e. The Morgan fingerprint density at radius 2 is 1.51 bits per heavy atom. The van der Waals surface area contributed by atoms with Crippen LogP contribution < -0.4 is 23.8 Å². The molecule has 0 saturated carbocycles. The van der Waals surface area contributed by atoms with Gasteiger partial charge in [-0.2, -0.15) is 0 Å². The number of carbonyl (C=O) groups is 2. The normalized spacial score (nSPS) is 20.5. The third kappa shape index (κ3) is 5.32. The molecule has 9 heteroatoms. The Kier molecular flexibility index (Phi) is 8.43. The number of hydrogen-bond donors (Lipinski definition) is 0. The first-order valence-electron chi connectivity index (χ1n) is 12.7. The van der Waals surface area contributed by atoms with Crippen molar-refractivity contribution in [3.63, 3.8) is 0 Å². The molecule has 0 unspecified atom stereocenters. The number of methoxy groups -OCH3 is 4. The Balaban J connectivity index is 1.78. The van der Waals surface area contributed by atoms with E-state index in [0.717, 1.165) is 25.2 Å². The van der Waals surface area contributed by atoms with Gasteiger partial charge in [-0.1, -0.05) is 19.1 Å². The molecule has 2 amide bonds. The molecule has 0 bridgehead atoms. The van der Waals surface area contributed by atoms with Crippen LogP contribution in [0.15, 0.2) is 36.4 Å². The monoisotopic (exact) mass is 511 g/mol. The molecule has 2 aromatic carbocycles. The molecular formula is C28H37N3O6. The van der Waals surface area contributed by atoms with Crippen LogP contribution in [0, 0.1) is 5.92 Å². The first-order chi connectivity index (χ1) is 17.9. The van der Waals surface area contributed by atoms with E-state index in [0.29, 0.717) is 48.2 Å². The van der Waals surface area contributed by atoms with E-state index < -0.39 is 12.0 Å². The summed E-state index contributed by atoms with van der Waals surface area (Å²) in [7, 11) is 6.24. The summed E-state index contributed by atoms with van der Waals surface area (Å²) in [6, 6.07) is 10.6. The molecule has 0 radical (unpaired) electrons. The second kappa shape index (κ2) is 11.7. The van der Waals surface area contributed by atoms with Gasteiger partial charge in [-0.3, -0.25) is 9.59 Å². The minimum absolute atomic E-state index is 0.0602. The molecule has 0 N–H and O–H groups in total.